The third-order valence-corrected chi connectivity index (χ3v) is 3.78. The van der Waals surface area contributed by atoms with Crippen molar-refractivity contribution < 1.29 is 5.11 Å². The molecule has 0 saturated heterocycles. The van der Waals surface area contributed by atoms with E-state index in [0.29, 0.717) is 11.4 Å². The Morgan fingerprint density at radius 2 is 2.00 bits per heavy atom. The maximum atomic E-state index is 10.6. The molecule has 0 radical (unpaired) electrons. The number of aromatic nitrogens is 3. The third kappa shape index (κ3) is 3.38. The Kier molecular flexibility index (Phi) is 4.45. The third-order valence-electron chi connectivity index (χ3n) is 3.42. The van der Waals surface area contributed by atoms with E-state index in [1.165, 1.54) is 6.33 Å². The van der Waals surface area contributed by atoms with Crippen LogP contribution in [-0.4, -0.2) is 26.0 Å². The van der Waals surface area contributed by atoms with Crippen molar-refractivity contribution in [1.29, 1.82) is 0 Å². The molecule has 2 atom stereocenters. The molecule has 108 valence electrons. The minimum atomic E-state index is -0.555. The molecule has 1 N–H and O–H groups in total. The Morgan fingerprint density at radius 3 is 2.55 bits per heavy atom. The zero-order valence-corrected chi connectivity index (χ0v) is 12.7. The standard InChI is InChI=1S/C15H20ClN3O/c1-15(2,3)14(20)13(19-10-17-9-18-19)8-11-6-4-5-7-12(11)16/h4-7,9-10,13-14,20H,8H2,1-3H3/t13-,14+/m0/s1. The largest absolute Gasteiger partial charge is 0.390 e. The van der Waals surface area contributed by atoms with Gasteiger partial charge in [-0.1, -0.05) is 50.6 Å². The number of hydrogen-bond acceptors (Lipinski definition) is 3. The second kappa shape index (κ2) is 5.94. The molecule has 0 unspecified atom stereocenters. The van der Waals surface area contributed by atoms with Gasteiger partial charge >= 0.3 is 0 Å². The lowest BCUT2D eigenvalue weighted by atomic mass is 9.82. The van der Waals surface area contributed by atoms with Crippen molar-refractivity contribution in [2.24, 2.45) is 5.41 Å². The molecule has 4 nitrogen and oxygen atoms in total. The van der Waals surface area contributed by atoms with Gasteiger partial charge in [0.2, 0.25) is 0 Å². The van der Waals surface area contributed by atoms with Gasteiger partial charge in [-0.15, -0.1) is 0 Å². The lowest BCUT2D eigenvalue weighted by Gasteiger charge is -2.33. The number of aliphatic hydroxyl groups is 1. The van der Waals surface area contributed by atoms with Crippen LogP contribution in [0.3, 0.4) is 0 Å². The zero-order chi connectivity index (χ0) is 14.8. The van der Waals surface area contributed by atoms with Gasteiger partial charge in [0, 0.05) is 5.02 Å². The van der Waals surface area contributed by atoms with Crippen molar-refractivity contribution in [3.05, 3.63) is 47.5 Å². The van der Waals surface area contributed by atoms with E-state index >= 15 is 0 Å². The van der Waals surface area contributed by atoms with E-state index in [1.807, 2.05) is 45.0 Å². The molecule has 5 heteroatoms. The van der Waals surface area contributed by atoms with Crippen molar-refractivity contribution in [1.82, 2.24) is 14.8 Å². The molecule has 0 saturated carbocycles. The SMILES string of the molecule is CC(C)(C)[C@H](O)[C@H](Cc1ccccc1Cl)n1cncn1. The first-order chi connectivity index (χ1) is 9.39. The van der Waals surface area contributed by atoms with Gasteiger partial charge in [0.1, 0.15) is 12.7 Å². The molecule has 1 heterocycles. The molecule has 0 bridgehead atoms. The maximum Gasteiger partial charge on any atom is 0.137 e. The van der Waals surface area contributed by atoms with Crippen molar-refractivity contribution >= 4 is 11.6 Å². The number of benzene rings is 1. The number of halogens is 1. The minimum absolute atomic E-state index is 0.197. The van der Waals surface area contributed by atoms with Crippen LogP contribution >= 0.6 is 11.6 Å². The fraction of sp³-hybridized carbons (Fsp3) is 0.467. The number of nitrogens with zero attached hydrogens (tertiary/aromatic N) is 3. The fourth-order valence-electron chi connectivity index (χ4n) is 2.20. The monoisotopic (exact) mass is 293 g/mol. The summed E-state index contributed by atoms with van der Waals surface area (Å²) in [7, 11) is 0. The quantitative estimate of drug-likeness (QED) is 0.942. The smallest absolute Gasteiger partial charge is 0.137 e. The highest BCUT2D eigenvalue weighted by Crippen LogP contribution is 2.31. The van der Waals surface area contributed by atoms with Crippen molar-refractivity contribution in [3.63, 3.8) is 0 Å². The fourth-order valence-corrected chi connectivity index (χ4v) is 2.42. The van der Waals surface area contributed by atoms with Gasteiger partial charge in [0.25, 0.3) is 0 Å². The highest BCUT2D eigenvalue weighted by atomic mass is 35.5. The van der Waals surface area contributed by atoms with E-state index in [0.717, 1.165) is 5.56 Å². The molecule has 0 spiro atoms. The summed E-state index contributed by atoms with van der Waals surface area (Å²) < 4.78 is 1.71. The summed E-state index contributed by atoms with van der Waals surface area (Å²) in [6, 6.07) is 7.48. The number of aliphatic hydroxyl groups excluding tert-OH is 1. The van der Waals surface area contributed by atoms with Gasteiger partial charge < -0.3 is 5.11 Å². The summed E-state index contributed by atoms with van der Waals surface area (Å²) in [5.41, 5.74) is 0.746. The molecule has 0 aliphatic heterocycles. The minimum Gasteiger partial charge on any atom is -0.390 e. The van der Waals surface area contributed by atoms with Gasteiger partial charge in [0.15, 0.2) is 0 Å². The predicted molar refractivity (Wildman–Crippen MR) is 79.7 cm³/mol. The first-order valence-electron chi connectivity index (χ1n) is 6.65. The van der Waals surface area contributed by atoms with Gasteiger partial charge in [-0.25, -0.2) is 9.67 Å². The van der Waals surface area contributed by atoms with E-state index in [4.69, 9.17) is 11.6 Å². The van der Waals surface area contributed by atoms with Gasteiger partial charge in [-0.05, 0) is 23.5 Å². The lowest BCUT2D eigenvalue weighted by Crippen LogP contribution is -2.37. The molecule has 0 aliphatic rings. The molecule has 1 aromatic carbocycles. The number of hydrogen-bond donors (Lipinski definition) is 1. The van der Waals surface area contributed by atoms with Crippen LogP contribution in [-0.2, 0) is 6.42 Å². The summed E-state index contributed by atoms with van der Waals surface area (Å²) in [4.78, 5) is 3.98. The van der Waals surface area contributed by atoms with Crippen molar-refractivity contribution in [3.8, 4) is 0 Å². The van der Waals surface area contributed by atoms with Gasteiger partial charge in [0.05, 0.1) is 12.1 Å². The summed E-state index contributed by atoms with van der Waals surface area (Å²) in [5, 5.41) is 15.5. The highest BCUT2D eigenvalue weighted by molar-refractivity contribution is 6.31. The van der Waals surface area contributed by atoms with E-state index in [-0.39, 0.29) is 11.5 Å². The van der Waals surface area contributed by atoms with Crippen LogP contribution in [0.5, 0.6) is 0 Å². The molecule has 2 rings (SSSR count). The Labute approximate surface area is 124 Å². The molecule has 2 aromatic rings. The van der Waals surface area contributed by atoms with Crippen LogP contribution in [0.4, 0.5) is 0 Å². The van der Waals surface area contributed by atoms with E-state index in [2.05, 4.69) is 10.1 Å². The topological polar surface area (TPSA) is 50.9 Å². The van der Waals surface area contributed by atoms with E-state index in [9.17, 15) is 5.11 Å². The molecule has 1 aromatic heterocycles. The van der Waals surface area contributed by atoms with Crippen LogP contribution in [0, 0.1) is 5.41 Å². The Morgan fingerprint density at radius 1 is 1.30 bits per heavy atom. The predicted octanol–water partition coefficient (Wildman–Crippen LogP) is 3.12. The maximum absolute atomic E-state index is 10.6. The first kappa shape index (κ1) is 15.0. The van der Waals surface area contributed by atoms with E-state index < -0.39 is 6.10 Å². The summed E-state index contributed by atoms with van der Waals surface area (Å²) >= 11 is 6.22. The Balaban J connectivity index is 2.31. The molecular weight excluding hydrogens is 274 g/mol. The second-order valence-electron chi connectivity index (χ2n) is 6.05. The van der Waals surface area contributed by atoms with Crippen LogP contribution in [0.2, 0.25) is 5.02 Å². The van der Waals surface area contributed by atoms with Crippen LogP contribution in [0.1, 0.15) is 32.4 Å². The second-order valence-corrected chi connectivity index (χ2v) is 6.46. The van der Waals surface area contributed by atoms with E-state index in [1.54, 1.807) is 11.0 Å². The lowest BCUT2D eigenvalue weighted by molar-refractivity contribution is 0.0124. The Bertz CT molecular complexity index is 548. The molecule has 0 fully saturated rings. The molecular formula is C15H20ClN3O. The normalized spacial score (nSPS) is 15.1. The average molecular weight is 294 g/mol. The highest BCUT2D eigenvalue weighted by Gasteiger charge is 2.32. The van der Waals surface area contributed by atoms with Crippen LogP contribution < -0.4 is 0 Å². The first-order valence-corrected chi connectivity index (χ1v) is 7.03. The molecule has 0 aliphatic carbocycles. The summed E-state index contributed by atoms with van der Waals surface area (Å²) in [5.74, 6) is 0. The Hall–Kier alpha value is -1.39. The number of rotatable bonds is 4. The average Bonchev–Trinajstić information content (AvgIpc) is 2.89. The van der Waals surface area contributed by atoms with Crippen molar-refractivity contribution in [2.75, 3.05) is 0 Å². The summed E-state index contributed by atoms with van der Waals surface area (Å²) in [6.07, 6.45) is 3.17. The van der Waals surface area contributed by atoms with Crippen molar-refractivity contribution in [2.45, 2.75) is 39.3 Å². The molecule has 0 amide bonds. The zero-order valence-electron chi connectivity index (χ0n) is 12.0. The van der Waals surface area contributed by atoms with Gasteiger partial charge in [-0.3, -0.25) is 0 Å². The molecule has 20 heavy (non-hydrogen) atoms. The van der Waals surface area contributed by atoms with Crippen LogP contribution in [0.15, 0.2) is 36.9 Å². The summed E-state index contributed by atoms with van der Waals surface area (Å²) in [6.45, 7) is 6.02. The van der Waals surface area contributed by atoms with Crippen LogP contribution in [0.25, 0.3) is 0 Å². The van der Waals surface area contributed by atoms with Gasteiger partial charge in [-0.2, -0.15) is 5.10 Å².